The van der Waals surface area contributed by atoms with Crippen LogP contribution < -0.4 is 20.2 Å². The Balaban J connectivity index is 1.37. The molecular weight excluding hydrogens is 495 g/mol. The summed E-state index contributed by atoms with van der Waals surface area (Å²) >= 11 is 2.33. The molecule has 0 unspecified atom stereocenters. The molecule has 0 fully saturated rings. The molecule has 30 heavy (non-hydrogen) atoms. The van der Waals surface area contributed by atoms with Gasteiger partial charge in [0.25, 0.3) is 5.91 Å². The van der Waals surface area contributed by atoms with Gasteiger partial charge in [-0.1, -0.05) is 12.1 Å². The van der Waals surface area contributed by atoms with Gasteiger partial charge in [0, 0.05) is 32.3 Å². The molecule has 154 valence electrons. The fourth-order valence-electron chi connectivity index (χ4n) is 3.32. The van der Waals surface area contributed by atoms with Gasteiger partial charge in [-0.2, -0.15) is 5.10 Å². The molecule has 0 saturated heterocycles. The number of aromatic nitrogens is 1. The van der Waals surface area contributed by atoms with Gasteiger partial charge in [-0.25, -0.2) is 5.43 Å². The van der Waals surface area contributed by atoms with Crippen LogP contribution in [0.5, 0.6) is 11.5 Å². The van der Waals surface area contributed by atoms with Crippen molar-refractivity contribution in [2.75, 3.05) is 18.7 Å². The second-order valence-corrected chi connectivity index (χ2v) is 7.99. The molecule has 0 atom stereocenters. The number of halogens is 1. The fourth-order valence-corrected chi connectivity index (χ4v) is 3.95. The predicted molar refractivity (Wildman–Crippen MR) is 125 cm³/mol. The second kappa shape index (κ2) is 8.78. The molecule has 1 aliphatic rings. The Morgan fingerprint density at radius 1 is 1.17 bits per heavy atom. The third kappa shape index (κ3) is 4.28. The Bertz CT molecular complexity index is 1120. The van der Waals surface area contributed by atoms with Gasteiger partial charge in [0.05, 0.1) is 18.4 Å². The van der Waals surface area contributed by atoms with Crippen molar-refractivity contribution in [3.8, 4) is 17.2 Å². The van der Waals surface area contributed by atoms with Gasteiger partial charge < -0.3 is 19.4 Å². The van der Waals surface area contributed by atoms with Crippen molar-refractivity contribution >= 4 is 40.4 Å². The number of hydrogen-bond donors (Lipinski definition) is 2. The van der Waals surface area contributed by atoms with Crippen LogP contribution in [0.1, 0.15) is 17.0 Å². The highest BCUT2D eigenvalue weighted by molar-refractivity contribution is 14.1. The number of hydrogen-bond acceptors (Lipinski definition) is 5. The lowest BCUT2D eigenvalue weighted by molar-refractivity contribution is -0.119. The van der Waals surface area contributed by atoms with E-state index in [1.54, 1.807) is 12.3 Å². The van der Waals surface area contributed by atoms with Crippen molar-refractivity contribution < 1.29 is 14.3 Å². The average molecular weight is 516 g/mol. The standard InChI is InChI=1S/C22H21IN4O3/c1-14-9-16(15(2)27(14)19-6-4-3-5-18(19)23)11-25-26-22(28)12-24-17-7-8-20-21(10-17)30-13-29-20/h3-11,24H,12-13H2,1-2H3,(H,26,28)/b25-11-. The maximum atomic E-state index is 12.1. The van der Waals surface area contributed by atoms with E-state index in [0.29, 0.717) is 11.5 Å². The minimum Gasteiger partial charge on any atom is -0.454 e. The van der Waals surface area contributed by atoms with E-state index in [4.69, 9.17) is 9.47 Å². The zero-order valence-corrected chi connectivity index (χ0v) is 18.8. The molecular formula is C22H21IN4O3. The molecule has 4 rings (SSSR count). The molecule has 0 aliphatic carbocycles. The summed E-state index contributed by atoms with van der Waals surface area (Å²) in [5.41, 5.74) is 7.59. The maximum absolute atomic E-state index is 12.1. The number of amides is 1. The van der Waals surface area contributed by atoms with E-state index >= 15 is 0 Å². The molecule has 8 heteroatoms. The average Bonchev–Trinajstić information content (AvgIpc) is 3.31. The number of ether oxygens (including phenoxy) is 2. The van der Waals surface area contributed by atoms with Crippen molar-refractivity contribution in [2.24, 2.45) is 5.10 Å². The fraction of sp³-hybridized carbons (Fsp3) is 0.182. The molecule has 1 amide bonds. The molecule has 3 aromatic rings. The highest BCUT2D eigenvalue weighted by Gasteiger charge is 2.14. The van der Waals surface area contributed by atoms with Crippen LogP contribution in [0, 0.1) is 17.4 Å². The normalized spacial score (nSPS) is 12.4. The molecule has 1 aliphatic heterocycles. The number of benzene rings is 2. The van der Waals surface area contributed by atoms with Crippen LogP contribution in [0.4, 0.5) is 5.69 Å². The number of nitrogens with one attached hydrogen (secondary N) is 2. The Hall–Kier alpha value is -3.01. The third-order valence-corrected chi connectivity index (χ3v) is 5.69. The van der Waals surface area contributed by atoms with E-state index in [1.165, 1.54) is 3.57 Å². The van der Waals surface area contributed by atoms with Crippen LogP contribution in [-0.4, -0.2) is 30.0 Å². The summed E-state index contributed by atoms with van der Waals surface area (Å²) in [6, 6.07) is 15.7. The van der Waals surface area contributed by atoms with Crippen molar-refractivity contribution in [3.05, 3.63) is 69.1 Å². The number of hydrazone groups is 1. The van der Waals surface area contributed by atoms with E-state index in [1.807, 2.05) is 31.2 Å². The molecule has 0 saturated carbocycles. The van der Waals surface area contributed by atoms with Crippen LogP contribution in [-0.2, 0) is 4.79 Å². The Labute approximate surface area is 188 Å². The molecule has 1 aromatic heterocycles. The molecule has 0 bridgehead atoms. The van der Waals surface area contributed by atoms with Gasteiger partial charge >= 0.3 is 0 Å². The van der Waals surface area contributed by atoms with Gasteiger partial charge in [-0.15, -0.1) is 0 Å². The number of fused-ring (bicyclic) bond motifs is 1. The van der Waals surface area contributed by atoms with Crippen molar-refractivity contribution in [1.82, 2.24) is 9.99 Å². The second-order valence-electron chi connectivity index (χ2n) is 6.83. The number of carbonyl (C=O) groups is 1. The van der Waals surface area contributed by atoms with Crippen LogP contribution in [0.2, 0.25) is 0 Å². The molecule has 2 aromatic carbocycles. The van der Waals surface area contributed by atoms with E-state index in [-0.39, 0.29) is 19.2 Å². The van der Waals surface area contributed by atoms with Crippen molar-refractivity contribution in [1.29, 1.82) is 0 Å². The Morgan fingerprint density at radius 3 is 2.80 bits per heavy atom. The summed E-state index contributed by atoms with van der Waals surface area (Å²) in [6.07, 6.45) is 1.67. The topological polar surface area (TPSA) is 76.9 Å². The lowest BCUT2D eigenvalue weighted by Gasteiger charge is -2.11. The Morgan fingerprint density at radius 2 is 1.97 bits per heavy atom. The van der Waals surface area contributed by atoms with E-state index in [9.17, 15) is 4.79 Å². The summed E-state index contributed by atoms with van der Waals surface area (Å²) < 4.78 is 14.0. The largest absolute Gasteiger partial charge is 0.454 e. The van der Waals surface area contributed by atoms with Crippen molar-refractivity contribution in [2.45, 2.75) is 13.8 Å². The van der Waals surface area contributed by atoms with E-state index in [2.05, 4.69) is 68.1 Å². The van der Waals surface area contributed by atoms with Gasteiger partial charge in [0.15, 0.2) is 11.5 Å². The minimum atomic E-state index is -0.240. The van der Waals surface area contributed by atoms with Gasteiger partial charge in [0.1, 0.15) is 0 Å². The first-order chi connectivity index (χ1) is 14.5. The third-order valence-electron chi connectivity index (χ3n) is 4.78. The quantitative estimate of drug-likeness (QED) is 0.295. The summed E-state index contributed by atoms with van der Waals surface area (Å²) in [4.78, 5) is 12.1. The number of para-hydroxylation sites is 1. The summed E-state index contributed by atoms with van der Waals surface area (Å²) in [7, 11) is 0. The first-order valence-corrected chi connectivity index (χ1v) is 10.5. The maximum Gasteiger partial charge on any atom is 0.259 e. The van der Waals surface area contributed by atoms with Crippen LogP contribution in [0.25, 0.3) is 5.69 Å². The van der Waals surface area contributed by atoms with Crippen LogP contribution >= 0.6 is 22.6 Å². The summed E-state index contributed by atoms with van der Waals surface area (Å²) in [5.74, 6) is 1.13. The predicted octanol–water partition coefficient (Wildman–Crippen LogP) is 3.99. The Kier molecular flexibility index (Phi) is 5.93. The molecule has 2 N–H and O–H groups in total. The summed E-state index contributed by atoms with van der Waals surface area (Å²) in [5, 5.41) is 7.17. The first-order valence-electron chi connectivity index (χ1n) is 9.42. The van der Waals surface area contributed by atoms with E-state index in [0.717, 1.165) is 28.3 Å². The van der Waals surface area contributed by atoms with E-state index < -0.39 is 0 Å². The van der Waals surface area contributed by atoms with Crippen LogP contribution in [0.15, 0.2) is 53.6 Å². The number of carbonyl (C=O) groups excluding carboxylic acids is 1. The molecule has 7 nitrogen and oxygen atoms in total. The number of rotatable bonds is 6. The smallest absolute Gasteiger partial charge is 0.259 e. The lowest BCUT2D eigenvalue weighted by Crippen LogP contribution is -2.25. The van der Waals surface area contributed by atoms with Crippen LogP contribution in [0.3, 0.4) is 0 Å². The number of nitrogens with zero attached hydrogens (tertiary/aromatic N) is 2. The monoisotopic (exact) mass is 516 g/mol. The number of aryl methyl sites for hydroxylation is 1. The highest BCUT2D eigenvalue weighted by Crippen LogP contribution is 2.34. The molecule has 2 heterocycles. The van der Waals surface area contributed by atoms with Gasteiger partial charge in [-0.05, 0) is 66.8 Å². The number of anilines is 1. The zero-order chi connectivity index (χ0) is 21.1. The lowest BCUT2D eigenvalue weighted by atomic mass is 10.2. The summed E-state index contributed by atoms with van der Waals surface area (Å²) in [6.45, 7) is 4.41. The van der Waals surface area contributed by atoms with Gasteiger partial charge in [-0.3, -0.25) is 4.79 Å². The zero-order valence-electron chi connectivity index (χ0n) is 16.6. The highest BCUT2D eigenvalue weighted by atomic mass is 127. The molecule has 0 spiro atoms. The SMILES string of the molecule is Cc1cc(/C=N\NC(=O)CNc2ccc3c(c2)OCO3)c(C)n1-c1ccccc1I. The first kappa shape index (κ1) is 20.3. The van der Waals surface area contributed by atoms with Gasteiger partial charge in [0.2, 0.25) is 6.79 Å². The minimum absolute atomic E-state index is 0.0955. The molecule has 0 radical (unpaired) electrons. The van der Waals surface area contributed by atoms with Crippen molar-refractivity contribution in [3.63, 3.8) is 0 Å².